The van der Waals surface area contributed by atoms with Gasteiger partial charge in [-0.25, -0.2) is 34.1 Å². The SMILES string of the molecule is CC(C)(C)OC(=O)N[C@@H](Cc1ccc(NS(=O)(=O)O)cc1)c1nc(-c2ccccc2)cs1.CC(C)(C)OC(=O)N[C@@H](Cc1ccc([N+](=O)[O-])cc1)C(N)=S.CC(C)(C)OC(=O)N[C@@H](Cc1ccc([N+](=O)[O-])cc1)c1nc(-c2ccccc2)cs1.CC(C)(C)OC(=O)N[C@@H](Cc1ccc([N+](=O)[O-])cc1)c1nc(-c2ccccc2)cs1.O=C(CBr)c1ccccc1. The molecule has 11 rings (SSSR count). The van der Waals surface area contributed by atoms with Crippen LogP contribution in [0.25, 0.3) is 33.8 Å². The van der Waals surface area contributed by atoms with E-state index in [1.165, 1.54) is 82.5 Å². The number of hydrogen-bond donors (Lipinski definition) is 7. The van der Waals surface area contributed by atoms with Crippen LogP contribution in [0.4, 0.5) is 41.9 Å². The number of rotatable bonds is 26. The molecule has 0 aliphatic heterocycles. The minimum Gasteiger partial charge on any atom is -0.444 e. The van der Waals surface area contributed by atoms with Crippen LogP contribution < -0.4 is 31.7 Å². The molecule has 8 aromatic carbocycles. The molecule has 3 aromatic heterocycles. The predicted octanol–water partition coefficient (Wildman–Crippen LogP) is 20.5. The summed E-state index contributed by atoms with van der Waals surface area (Å²) in [5.41, 5.74) is 12.9. The number of benzene rings is 8. The third-order valence-electron chi connectivity index (χ3n) is 16.4. The number of alkyl halides is 1. The van der Waals surface area contributed by atoms with Crippen molar-refractivity contribution in [2.75, 3.05) is 10.1 Å². The van der Waals surface area contributed by atoms with Gasteiger partial charge in [-0.15, -0.1) is 34.0 Å². The summed E-state index contributed by atoms with van der Waals surface area (Å²) in [7, 11) is -4.34. The average molecular weight is 1850 g/mol. The molecular weight excluding hydrogens is 1750 g/mol. The van der Waals surface area contributed by atoms with E-state index in [9.17, 15) is 62.7 Å². The zero-order chi connectivity index (χ0) is 91.1. The number of aromatic nitrogens is 3. The van der Waals surface area contributed by atoms with Crippen LogP contribution in [0.15, 0.2) is 235 Å². The Morgan fingerprint density at radius 1 is 0.427 bits per heavy atom. The third-order valence-corrected chi connectivity index (χ3v) is 20.6. The van der Waals surface area contributed by atoms with Crippen LogP contribution in [0, 0.1) is 30.3 Å². The number of nitro groups is 3. The summed E-state index contributed by atoms with van der Waals surface area (Å²) < 4.78 is 54.3. The summed E-state index contributed by atoms with van der Waals surface area (Å²) in [6.45, 7) is 21.4. The Morgan fingerprint density at radius 3 is 0.935 bits per heavy atom. The van der Waals surface area contributed by atoms with Gasteiger partial charge < -0.3 is 45.9 Å². The van der Waals surface area contributed by atoms with E-state index in [-0.39, 0.29) is 33.5 Å². The number of non-ortho nitro benzene ring substituents is 3. The van der Waals surface area contributed by atoms with E-state index in [1.54, 1.807) is 132 Å². The lowest BCUT2D eigenvalue weighted by atomic mass is 10.1. The monoisotopic (exact) mass is 1850 g/mol. The Hall–Kier alpha value is -12.3. The number of hydrogen-bond acceptors (Lipinski definition) is 24. The molecule has 124 heavy (non-hydrogen) atoms. The van der Waals surface area contributed by atoms with Crippen molar-refractivity contribution in [1.29, 1.82) is 0 Å². The first-order valence-corrected chi connectivity index (χ1v) is 43.9. The number of nitrogens with two attached hydrogens (primary N) is 1. The number of Topliss-reactive ketones (excluding diaryl/α,β-unsaturated/α-hetero) is 1. The molecule has 8 N–H and O–H groups in total. The van der Waals surface area contributed by atoms with Crippen molar-refractivity contribution >= 4 is 130 Å². The lowest BCUT2D eigenvalue weighted by Gasteiger charge is -2.23. The molecule has 4 amide bonds. The van der Waals surface area contributed by atoms with Gasteiger partial charge in [-0.3, -0.25) is 44.4 Å². The van der Waals surface area contributed by atoms with E-state index in [0.29, 0.717) is 31.0 Å². The highest BCUT2D eigenvalue weighted by Crippen LogP contribution is 2.33. The first kappa shape index (κ1) is 98.8. The number of alkyl carbamates (subject to hydrolysis) is 4. The van der Waals surface area contributed by atoms with Crippen LogP contribution in [0.1, 0.15) is 149 Å². The summed E-state index contributed by atoms with van der Waals surface area (Å²) in [5, 5.41) is 52.1. The van der Waals surface area contributed by atoms with Crippen molar-refractivity contribution in [3.63, 3.8) is 0 Å². The quantitative estimate of drug-likeness (QED) is 0.00503. The van der Waals surface area contributed by atoms with Crippen molar-refractivity contribution in [2.45, 2.75) is 155 Å². The number of ether oxygens (including phenoxy) is 4. The van der Waals surface area contributed by atoms with E-state index in [1.807, 2.05) is 142 Å². The number of thiazole rings is 3. The first-order chi connectivity index (χ1) is 58.3. The maximum absolute atomic E-state index is 12.5. The van der Waals surface area contributed by atoms with Gasteiger partial charge in [0.05, 0.1) is 72.0 Å². The summed E-state index contributed by atoms with van der Waals surface area (Å²) in [4.78, 5) is 105. The van der Waals surface area contributed by atoms with Crippen molar-refractivity contribution in [3.05, 3.63) is 308 Å². The Bertz CT molecular complexity index is 5290. The van der Waals surface area contributed by atoms with Crippen LogP contribution in [0.2, 0.25) is 0 Å². The molecule has 30 nitrogen and oxygen atoms in total. The minimum atomic E-state index is -4.34. The highest BCUT2D eigenvalue weighted by atomic mass is 79.9. The zero-order valence-electron chi connectivity index (χ0n) is 69.9. The van der Waals surface area contributed by atoms with Gasteiger partial charge in [0.1, 0.15) is 37.4 Å². The molecule has 36 heteroatoms. The van der Waals surface area contributed by atoms with Crippen LogP contribution in [0.3, 0.4) is 0 Å². The predicted molar refractivity (Wildman–Crippen MR) is 489 cm³/mol. The number of ketones is 1. The van der Waals surface area contributed by atoms with Crippen molar-refractivity contribution < 1.29 is 70.7 Å². The molecule has 0 unspecified atom stereocenters. The number of anilines is 1. The molecule has 0 aliphatic rings. The summed E-state index contributed by atoms with van der Waals surface area (Å²) in [6.07, 6.45) is -0.648. The Balaban J connectivity index is 0.000000220. The standard InChI is InChI=1S/C22H25N3O5S2.2C22H23N3O4S.C14H19N3O4S.C8H7BrO/c1-22(2,3)30-21(26)24-18(13-15-9-11-17(12-10-15)25-32(27,28)29)20-23-19(14-31-20)16-7-5-4-6-8-16;2*1-22(2,3)29-21(26)24-18(13-15-9-11-17(12-10-15)25(27)28)20-23-19(14-30-20)16-7-5-4-6-8-16;1-14(2,3)21-13(18)16-11(12(15)22)8-9-4-6-10(7-5-9)17(19)20;9-6-8(10)7-4-2-1-3-5-7/h4-12,14,18,25H,13H2,1-3H3,(H,24,26)(H,27,28,29);2*4-12,14,18H,13H2,1-3H3,(H,24,26);4-7,11H,8H2,1-3H3,(H2,15,22)(H,16,18);1-5H,6H2/t3*18-;11-;/m0000./s1. The normalized spacial score (nSPS) is 12.1. The largest absolute Gasteiger partial charge is 0.444 e. The maximum atomic E-state index is 12.5. The highest BCUT2D eigenvalue weighted by molar-refractivity contribution is 9.09. The summed E-state index contributed by atoms with van der Waals surface area (Å²) in [5.74, 6) is 0.126. The number of carbonyl (C=O) groups excluding carboxylic acids is 5. The number of nitrogens with zero attached hydrogens (tertiary/aromatic N) is 6. The Labute approximate surface area is 744 Å². The molecule has 0 radical (unpaired) electrons. The first-order valence-electron chi connectivity index (χ1n) is 38.3. The fourth-order valence-electron chi connectivity index (χ4n) is 11.0. The number of nitro benzene ring substituents is 3. The maximum Gasteiger partial charge on any atom is 0.408 e. The van der Waals surface area contributed by atoms with E-state index in [4.69, 9.17) is 56.4 Å². The smallest absolute Gasteiger partial charge is 0.408 e. The van der Waals surface area contributed by atoms with Gasteiger partial charge in [-0.1, -0.05) is 198 Å². The second-order valence-corrected chi connectivity index (χ2v) is 36.1. The molecule has 3 heterocycles. The molecule has 11 aromatic rings. The number of halogens is 1. The number of nitrogens with one attached hydrogen (secondary N) is 5. The van der Waals surface area contributed by atoms with Crippen LogP contribution in [0.5, 0.6) is 0 Å². The highest BCUT2D eigenvalue weighted by Gasteiger charge is 2.29. The van der Waals surface area contributed by atoms with E-state index in [0.717, 1.165) is 76.6 Å². The van der Waals surface area contributed by atoms with E-state index < -0.39 is 96.0 Å². The molecule has 0 saturated heterocycles. The average Bonchev–Trinajstić information content (AvgIpc) is 1.69. The lowest BCUT2D eigenvalue weighted by molar-refractivity contribution is -0.385. The molecule has 654 valence electrons. The number of carbonyl (C=O) groups is 5. The molecule has 0 fully saturated rings. The fourth-order valence-corrected chi connectivity index (χ4v) is 14.5. The van der Waals surface area contributed by atoms with Gasteiger partial charge >= 0.3 is 34.7 Å². The molecule has 0 saturated carbocycles. The summed E-state index contributed by atoms with van der Waals surface area (Å²) in [6, 6.07) is 61.7. The summed E-state index contributed by atoms with van der Waals surface area (Å²) >= 11 is 12.4. The minimum absolute atomic E-state index is 0.00396. The molecule has 0 bridgehead atoms. The van der Waals surface area contributed by atoms with Crippen molar-refractivity contribution in [1.82, 2.24) is 36.2 Å². The van der Waals surface area contributed by atoms with Crippen LogP contribution >= 0.6 is 62.2 Å². The number of thiocarbonyl (C=S) groups is 1. The molecule has 4 atom stereocenters. The van der Waals surface area contributed by atoms with Gasteiger partial charge in [-0.05, 0) is 143 Å². The van der Waals surface area contributed by atoms with Gasteiger partial charge in [0.2, 0.25) is 0 Å². The third kappa shape index (κ3) is 36.0. The van der Waals surface area contributed by atoms with Gasteiger partial charge in [-0.2, -0.15) is 8.42 Å². The van der Waals surface area contributed by atoms with Crippen LogP contribution in [-0.4, -0.2) is 112 Å². The number of amides is 4. The second-order valence-electron chi connectivity index (χ2n) is 31.3. The van der Waals surface area contributed by atoms with Crippen molar-refractivity contribution in [3.8, 4) is 33.8 Å². The van der Waals surface area contributed by atoms with E-state index in [2.05, 4.69) is 37.2 Å². The molecule has 0 spiro atoms. The van der Waals surface area contributed by atoms with Crippen LogP contribution in [-0.2, 0) is 54.9 Å². The molecular formula is C88H97BrN12O18S5. The zero-order valence-corrected chi connectivity index (χ0v) is 75.6. The topological polar surface area (TPSA) is 431 Å². The van der Waals surface area contributed by atoms with Crippen molar-refractivity contribution in [2.24, 2.45) is 5.73 Å². The Kier molecular flexibility index (Phi) is 36.8. The Morgan fingerprint density at radius 2 is 0.685 bits per heavy atom. The lowest BCUT2D eigenvalue weighted by Crippen LogP contribution is -2.46. The van der Waals surface area contributed by atoms with E-state index >= 15 is 0 Å². The fraction of sp³-hybridized carbons (Fsp3) is 0.284. The van der Waals surface area contributed by atoms with Gasteiger partial charge in [0.15, 0.2) is 5.78 Å². The molecule has 0 aliphatic carbocycles. The van der Waals surface area contributed by atoms with Gasteiger partial charge in [0.25, 0.3) is 17.1 Å². The van der Waals surface area contributed by atoms with Gasteiger partial charge in [0, 0.05) is 74.8 Å². The second kappa shape index (κ2) is 46.2.